The molecule has 1 aliphatic heterocycles. The van der Waals surface area contributed by atoms with E-state index in [-0.39, 0.29) is 11.1 Å². The van der Waals surface area contributed by atoms with Crippen LogP contribution in [0.1, 0.15) is 46.1 Å². The lowest BCUT2D eigenvalue weighted by molar-refractivity contribution is 0.170. The summed E-state index contributed by atoms with van der Waals surface area (Å²) in [7, 11) is 0. The Morgan fingerprint density at radius 2 is 1.89 bits per heavy atom. The number of anilines is 1. The van der Waals surface area contributed by atoms with Crippen LogP contribution in [0, 0.1) is 11.3 Å². The standard InChI is InChI=1S/C15H22N4/c1-14(2)7-12(8-15(3,4)19-14)18-13-6-5-11(9-16)10-17-13/h5-6,10,12,19H,7-8H2,1-4H3,(H,17,18). The monoisotopic (exact) mass is 258 g/mol. The first-order valence-corrected chi connectivity index (χ1v) is 6.72. The lowest BCUT2D eigenvalue weighted by Gasteiger charge is -2.46. The summed E-state index contributed by atoms with van der Waals surface area (Å²) in [6.45, 7) is 8.92. The molecule has 2 rings (SSSR count). The minimum absolute atomic E-state index is 0.117. The molecule has 2 heterocycles. The Kier molecular flexibility index (Phi) is 3.51. The van der Waals surface area contributed by atoms with E-state index >= 15 is 0 Å². The first-order chi connectivity index (χ1) is 8.80. The fourth-order valence-corrected chi connectivity index (χ4v) is 3.18. The Balaban J connectivity index is 2.07. The van der Waals surface area contributed by atoms with Crippen molar-refractivity contribution in [2.45, 2.75) is 57.7 Å². The van der Waals surface area contributed by atoms with Gasteiger partial charge in [0.05, 0.1) is 5.56 Å². The molecule has 4 heteroatoms. The van der Waals surface area contributed by atoms with Gasteiger partial charge in [-0.05, 0) is 52.7 Å². The highest BCUT2D eigenvalue weighted by atomic mass is 15.1. The molecule has 2 N–H and O–H groups in total. The van der Waals surface area contributed by atoms with Crippen molar-refractivity contribution in [1.29, 1.82) is 5.26 Å². The SMILES string of the molecule is CC1(C)CC(Nc2ccc(C#N)cn2)CC(C)(C)N1. The van der Waals surface area contributed by atoms with Gasteiger partial charge in [0.1, 0.15) is 11.9 Å². The topological polar surface area (TPSA) is 60.7 Å². The average Bonchev–Trinajstić information content (AvgIpc) is 2.25. The summed E-state index contributed by atoms with van der Waals surface area (Å²) >= 11 is 0. The summed E-state index contributed by atoms with van der Waals surface area (Å²) in [6, 6.07) is 6.15. The van der Waals surface area contributed by atoms with Crippen molar-refractivity contribution in [3.63, 3.8) is 0 Å². The molecule has 0 amide bonds. The van der Waals surface area contributed by atoms with E-state index in [1.165, 1.54) is 0 Å². The summed E-state index contributed by atoms with van der Waals surface area (Å²) in [5.74, 6) is 0.845. The van der Waals surface area contributed by atoms with E-state index in [1.54, 1.807) is 12.3 Å². The first-order valence-electron chi connectivity index (χ1n) is 6.72. The van der Waals surface area contributed by atoms with Crippen LogP contribution in [0.4, 0.5) is 5.82 Å². The summed E-state index contributed by atoms with van der Waals surface area (Å²) in [5, 5.41) is 15.9. The fraction of sp³-hybridized carbons (Fsp3) is 0.600. The molecule has 0 aliphatic carbocycles. The average molecular weight is 258 g/mol. The maximum absolute atomic E-state index is 8.77. The quantitative estimate of drug-likeness (QED) is 0.856. The van der Waals surface area contributed by atoms with Crippen LogP contribution in [0.25, 0.3) is 0 Å². The maximum atomic E-state index is 8.77. The van der Waals surface area contributed by atoms with Gasteiger partial charge in [0.25, 0.3) is 0 Å². The zero-order valence-electron chi connectivity index (χ0n) is 12.1. The van der Waals surface area contributed by atoms with Crippen LogP contribution in [-0.4, -0.2) is 22.1 Å². The molecule has 19 heavy (non-hydrogen) atoms. The Bertz CT molecular complexity index is 466. The number of piperidine rings is 1. The Hall–Kier alpha value is -1.60. The van der Waals surface area contributed by atoms with Crippen molar-refractivity contribution >= 4 is 5.82 Å². The zero-order valence-corrected chi connectivity index (χ0v) is 12.1. The molecule has 0 unspecified atom stereocenters. The molecule has 0 bridgehead atoms. The molecule has 0 radical (unpaired) electrons. The van der Waals surface area contributed by atoms with Gasteiger partial charge in [-0.25, -0.2) is 4.98 Å². The Labute approximate surface area is 115 Å². The van der Waals surface area contributed by atoms with Gasteiger partial charge in [-0.3, -0.25) is 0 Å². The van der Waals surface area contributed by atoms with Gasteiger partial charge in [-0.1, -0.05) is 0 Å². The van der Waals surface area contributed by atoms with Crippen LogP contribution in [0.15, 0.2) is 18.3 Å². The molecule has 4 nitrogen and oxygen atoms in total. The molecular weight excluding hydrogens is 236 g/mol. The number of hydrogen-bond donors (Lipinski definition) is 2. The fourth-order valence-electron chi connectivity index (χ4n) is 3.18. The Morgan fingerprint density at radius 3 is 2.37 bits per heavy atom. The van der Waals surface area contributed by atoms with Crippen molar-refractivity contribution in [3.8, 4) is 6.07 Å². The van der Waals surface area contributed by atoms with Gasteiger partial charge < -0.3 is 10.6 Å². The number of nitrogens with zero attached hydrogens (tertiary/aromatic N) is 2. The molecule has 1 aliphatic rings. The van der Waals surface area contributed by atoms with Gasteiger partial charge in [-0.2, -0.15) is 5.26 Å². The number of nitriles is 1. The highest BCUT2D eigenvalue weighted by Crippen LogP contribution is 2.30. The van der Waals surface area contributed by atoms with E-state index in [0.717, 1.165) is 18.7 Å². The molecular formula is C15H22N4. The van der Waals surface area contributed by atoms with Gasteiger partial charge in [0, 0.05) is 23.3 Å². The molecule has 1 aromatic heterocycles. The molecule has 1 saturated heterocycles. The van der Waals surface area contributed by atoms with E-state index in [1.807, 2.05) is 6.07 Å². The summed E-state index contributed by atoms with van der Waals surface area (Å²) < 4.78 is 0. The Morgan fingerprint density at radius 1 is 1.26 bits per heavy atom. The van der Waals surface area contributed by atoms with Crippen molar-refractivity contribution < 1.29 is 0 Å². The number of rotatable bonds is 2. The summed E-state index contributed by atoms with van der Waals surface area (Å²) in [4.78, 5) is 4.29. The van der Waals surface area contributed by atoms with Gasteiger partial charge >= 0.3 is 0 Å². The molecule has 0 aromatic carbocycles. The molecule has 1 fully saturated rings. The summed E-state index contributed by atoms with van der Waals surface area (Å²) in [5.41, 5.74) is 0.828. The van der Waals surface area contributed by atoms with E-state index in [9.17, 15) is 0 Å². The number of pyridine rings is 1. The highest BCUT2D eigenvalue weighted by molar-refractivity contribution is 5.40. The third kappa shape index (κ3) is 3.68. The van der Waals surface area contributed by atoms with Crippen LogP contribution in [-0.2, 0) is 0 Å². The van der Waals surface area contributed by atoms with Crippen LogP contribution >= 0.6 is 0 Å². The smallest absolute Gasteiger partial charge is 0.126 e. The third-order valence-electron chi connectivity index (χ3n) is 3.43. The van der Waals surface area contributed by atoms with Crippen LogP contribution in [0.3, 0.4) is 0 Å². The first kappa shape index (κ1) is 13.8. The predicted molar refractivity (Wildman–Crippen MR) is 76.9 cm³/mol. The zero-order chi connectivity index (χ0) is 14.1. The maximum Gasteiger partial charge on any atom is 0.126 e. The van der Waals surface area contributed by atoms with E-state index in [4.69, 9.17) is 5.26 Å². The number of hydrogen-bond acceptors (Lipinski definition) is 4. The minimum atomic E-state index is 0.117. The number of nitrogens with one attached hydrogen (secondary N) is 2. The minimum Gasteiger partial charge on any atom is -0.367 e. The lowest BCUT2D eigenvalue weighted by atomic mass is 9.79. The van der Waals surface area contributed by atoms with Gasteiger partial charge in [-0.15, -0.1) is 0 Å². The number of aromatic nitrogens is 1. The predicted octanol–water partition coefficient (Wildman–Crippen LogP) is 2.67. The van der Waals surface area contributed by atoms with Crippen LogP contribution in [0.5, 0.6) is 0 Å². The van der Waals surface area contributed by atoms with Crippen molar-refractivity contribution in [2.75, 3.05) is 5.32 Å². The highest BCUT2D eigenvalue weighted by Gasteiger charge is 2.37. The molecule has 0 saturated carbocycles. The van der Waals surface area contributed by atoms with E-state index in [0.29, 0.717) is 11.6 Å². The largest absolute Gasteiger partial charge is 0.367 e. The van der Waals surface area contributed by atoms with Gasteiger partial charge in [0.15, 0.2) is 0 Å². The van der Waals surface area contributed by atoms with Crippen LogP contribution in [0.2, 0.25) is 0 Å². The van der Waals surface area contributed by atoms with Gasteiger partial charge in [0.2, 0.25) is 0 Å². The second kappa shape index (κ2) is 4.82. The van der Waals surface area contributed by atoms with Crippen molar-refractivity contribution in [2.24, 2.45) is 0 Å². The van der Waals surface area contributed by atoms with Crippen molar-refractivity contribution in [3.05, 3.63) is 23.9 Å². The van der Waals surface area contributed by atoms with E-state index < -0.39 is 0 Å². The van der Waals surface area contributed by atoms with E-state index in [2.05, 4.69) is 49.4 Å². The molecule has 0 spiro atoms. The van der Waals surface area contributed by atoms with Crippen molar-refractivity contribution in [1.82, 2.24) is 10.3 Å². The second-order valence-electron chi connectivity index (χ2n) is 6.69. The normalized spacial score (nSPS) is 21.6. The molecule has 0 atom stereocenters. The lowest BCUT2D eigenvalue weighted by Crippen LogP contribution is -2.60. The van der Waals surface area contributed by atoms with Crippen LogP contribution < -0.4 is 10.6 Å². The second-order valence-corrected chi connectivity index (χ2v) is 6.69. The third-order valence-corrected chi connectivity index (χ3v) is 3.43. The molecule has 102 valence electrons. The molecule has 1 aromatic rings. The summed E-state index contributed by atoms with van der Waals surface area (Å²) in [6.07, 6.45) is 3.72.